The number of hydrogen-bond acceptors (Lipinski definition) is 3. The predicted octanol–water partition coefficient (Wildman–Crippen LogP) is 4.18. The summed E-state index contributed by atoms with van der Waals surface area (Å²) in [5, 5.41) is 0. The molecule has 19 heavy (non-hydrogen) atoms. The molecule has 0 unspecified atom stereocenters. The molecule has 3 nitrogen and oxygen atoms in total. The van der Waals surface area contributed by atoms with Crippen molar-refractivity contribution in [2.24, 2.45) is 0 Å². The average Bonchev–Trinajstić information content (AvgIpc) is 2.37. The molecule has 0 spiro atoms. The van der Waals surface area contributed by atoms with Gasteiger partial charge in [-0.15, -0.1) is 0 Å². The highest BCUT2D eigenvalue weighted by Crippen LogP contribution is 2.27. The van der Waals surface area contributed by atoms with Gasteiger partial charge in [0, 0.05) is 17.5 Å². The maximum Gasteiger partial charge on any atom is 0.136 e. The zero-order chi connectivity index (χ0) is 14.0. The van der Waals surface area contributed by atoms with Gasteiger partial charge >= 0.3 is 0 Å². The van der Waals surface area contributed by atoms with Crippen molar-refractivity contribution in [3.05, 3.63) is 40.5 Å². The summed E-state index contributed by atoms with van der Waals surface area (Å²) in [6, 6.07) is 6.42. The fourth-order valence-electron chi connectivity index (χ4n) is 1.66. The first-order valence-electron chi connectivity index (χ1n) is 5.89. The van der Waals surface area contributed by atoms with E-state index in [9.17, 15) is 4.39 Å². The smallest absolute Gasteiger partial charge is 0.136 e. The van der Waals surface area contributed by atoms with E-state index in [1.54, 1.807) is 18.2 Å². The molecule has 0 saturated heterocycles. The molecular formula is C14H14BrFN2O. The minimum atomic E-state index is -0.361. The van der Waals surface area contributed by atoms with Crippen LogP contribution in [0.3, 0.4) is 0 Å². The Morgan fingerprint density at radius 3 is 2.53 bits per heavy atom. The number of aromatic nitrogens is 2. The maximum atomic E-state index is 14.0. The molecule has 1 heterocycles. The lowest BCUT2D eigenvalue weighted by molar-refractivity contribution is 0.411. The molecule has 0 aliphatic carbocycles. The van der Waals surface area contributed by atoms with Crippen LogP contribution >= 0.6 is 15.9 Å². The van der Waals surface area contributed by atoms with Crippen molar-refractivity contribution in [2.75, 3.05) is 7.11 Å². The van der Waals surface area contributed by atoms with Crippen molar-refractivity contribution in [2.45, 2.75) is 19.8 Å². The number of benzene rings is 1. The van der Waals surface area contributed by atoms with Crippen LogP contribution in [0.5, 0.6) is 5.75 Å². The van der Waals surface area contributed by atoms with Crippen LogP contribution in [0.25, 0.3) is 11.3 Å². The first-order chi connectivity index (χ1) is 9.01. The molecule has 2 aromatic rings. The van der Waals surface area contributed by atoms with Crippen LogP contribution in [0.15, 0.2) is 28.9 Å². The van der Waals surface area contributed by atoms with Gasteiger partial charge in [-0.2, -0.15) is 0 Å². The topological polar surface area (TPSA) is 35.0 Å². The third-order valence-electron chi connectivity index (χ3n) is 2.68. The standard InChI is InChI=1S/C14H14BrFN2O/c1-8(2)14-17-12(7-13(15)18-14)10-5-4-9(19-3)6-11(10)16/h4-8H,1-3H3. The van der Waals surface area contributed by atoms with E-state index < -0.39 is 0 Å². The van der Waals surface area contributed by atoms with E-state index in [0.717, 1.165) is 0 Å². The van der Waals surface area contributed by atoms with Crippen LogP contribution < -0.4 is 4.74 Å². The minimum absolute atomic E-state index is 0.178. The van der Waals surface area contributed by atoms with Gasteiger partial charge in [0.05, 0.1) is 12.8 Å². The Hall–Kier alpha value is -1.49. The number of nitrogens with zero attached hydrogens (tertiary/aromatic N) is 2. The third kappa shape index (κ3) is 3.10. The molecule has 0 fully saturated rings. The van der Waals surface area contributed by atoms with Gasteiger partial charge in [-0.1, -0.05) is 13.8 Å². The van der Waals surface area contributed by atoms with Crippen molar-refractivity contribution in [3.8, 4) is 17.0 Å². The zero-order valence-corrected chi connectivity index (χ0v) is 12.5. The Kier molecular flexibility index (Phi) is 4.14. The lowest BCUT2D eigenvalue weighted by Crippen LogP contribution is -2.00. The van der Waals surface area contributed by atoms with Crippen LogP contribution in [-0.2, 0) is 0 Å². The van der Waals surface area contributed by atoms with Gasteiger partial charge in [0.15, 0.2) is 0 Å². The van der Waals surface area contributed by atoms with E-state index in [4.69, 9.17) is 4.74 Å². The summed E-state index contributed by atoms with van der Waals surface area (Å²) in [4.78, 5) is 8.68. The second kappa shape index (κ2) is 5.65. The number of halogens is 2. The number of ether oxygens (including phenoxy) is 1. The van der Waals surface area contributed by atoms with Crippen molar-refractivity contribution in [1.82, 2.24) is 9.97 Å². The van der Waals surface area contributed by atoms with Gasteiger partial charge in [0.25, 0.3) is 0 Å². The summed E-state index contributed by atoms with van der Waals surface area (Å²) < 4.78 is 19.7. The first kappa shape index (κ1) is 13.9. The normalized spacial score (nSPS) is 10.8. The molecule has 0 aliphatic heterocycles. The molecule has 0 aliphatic rings. The van der Waals surface area contributed by atoms with E-state index in [2.05, 4.69) is 25.9 Å². The van der Waals surface area contributed by atoms with Crippen LogP contribution in [0.4, 0.5) is 4.39 Å². The highest BCUT2D eigenvalue weighted by Gasteiger charge is 2.12. The Morgan fingerprint density at radius 2 is 1.95 bits per heavy atom. The molecule has 0 amide bonds. The van der Waals surface area contributed by atoms with Gasteiger partial charge in [-0.3, -0.25) is 0 Å². The molecular weight excluding hydrogens is 311 g/mol. The van der Waals surface area contributed by atoms with Gasteiger partial charge < -0.3 is 4.74 Å². The predicted molar refractivity (Wildman–Crippen MR) is 75.8 cm³/mol. The molecule has 0 bridgehead atoms. The third-order valence-corrected chi connectivity index (χ3v) is 3.09. The highest BCUT2D eigenvalue weighted by molar-refractivity contribution is 9.10. The molecule has 0 atom stereocenters. The quantitative estimate of drug-likeness (QED) is 0.794. The molecule has 1 aromatic carbocycles. The van der Waals surface area contributed by atoms with Crippen molar-refractivity contribution in [3.63, 3.8) is 0 Å². The Balaban J connectivity index is 2.52. The van der Waals surface area contributed by atoms with Crippen molar-refractivity contribution < 1.29 is 9.13 Å². The van der Waals surface area contributed by atoms with Gasteiger partial charge in [0.2, 0.25) is 0 Å². The van der Waals surface area contributed by atoms with Gasteiger partial charge in [0.1, 0.15) is 22.0 Å². The number of methoxy groups -OCH3 is 1. The molecule has 100 valence electrons. The monoisotopic (exact) mass is 324 g/mol. The first-order valence-corrected chi connectivity index (χ1v) is 6.69. The van der Waals surface area contributed by atoms with Crippen LogP contribution in [0.2, 0.25) is 0 Å². The van der Waals surface area contributed by atoms with E-state index in [1.807, 2.05) is 13.8 Å². The van der Waals surface area contributed by atoms with E-state index >= 15 is 0 Å². The van der Waals surface area contributed by atoms with Crippen LogP contribution in [0, 0.1) is 5.82 Å². The lowest BCUT2D eigenvalue weighted by Gasteiger charge is -2.09. The number of hydrogen-bond donors (Lipinski definition) is 0. The maximum absolute atomic E-state index is 14.0. The lowest BCUT2D eigenvalue weighted by atomic mass is 10.1. The molecule has 1 aromatic heterocycles. The zero-order valence-electron chi connectivity index (χ0n) is 10.9. The second-order valence-corrected chi connectivity index (χ2v) is 5.25. The molecule has 5 heteroatoms. The molecule has 2 rings (SSSR count). The molecule has 0 N–H and O–H groups in total. The molecule has 0 radical (unpaired) electrons. The van der Waals surface area contributed by atoms with Gasteiger partial charge in [-0.25, -0.2) is 14.4 Å². The average molecular weight is 325 g/mol. The van der Waals surface area contributed by atoms with Crippen molar-refractivity contribution in [1.29, 1.82) is 0 Å². The second-order valence-electron chi connectivity index (χ2n) is 4.43. The van der Waals surface area contributed by atoms with E-state index in [1.165, 1.54) is 13.2 Å². The van der Waals surface area contributed by atoms with E-state index in [-0.39, 0.29) is 11.7 Å². The fraction of sp³-hybridized carbons (Fsp3) is 0.286. The Bertz CT molecular complexity index is 602. The summed E-state index contributed by atoms with van der Waals surface area (Å²) in [5.41, 5.74) is 0.997. The van der Waals surface area contributed by atoms with Crippen molar-refractivity contribution >= 4 is 15.9 Å². The highest BCUT2D eigenvalue weighted by atomic mass is 79.9. The molecule has 0 saturated carbocycles. The summed E-state index contributed by atoms with van der Waals surface area (Å²) in [7, 11) is 1.51. The Morgan fingerprint density at radius 1 is 1.21 bits per heavy atom. The summed E-state index contributed by atoms with van der Waals surface area (Å²) in [6.07, 6.45) is 0. The summed E-state index contributed by atoms with van der Waals surface area (Å²) >= 11 is 3.33. The van der Waals surface area contributed by atoms with Gasteiger partial charge in [-0.05, 0) is 34.1 Å². The minimum Gasteiger partial charge on any atom is -0.497 e. The largest absolute Gasteiger partial charge is 0.497 e. The summed E-state index contributed by atoms with van der Waals surface area (Å²) in [5.74, 6) is 0.982. The summed E-state index contributed by atoms with van der Waals surface area (Å²) in [6.45, 7) is 3.99. The Labute approximate surface area is 120 Å². The van der Waals surface area contributed by atoms with Crippen LogP contribution in [-0.4, -0.2) is 17.1 Å². The van der Waals surface area contributed by atoms with Crippen LogP contribution in [0.1, 0.15) is 25.6 Å². The van der Waals surface area contributed by atoms with E-state index in [0.29, 0.717) is 27.4 Å². The fourth-order valence-corrected chi connectivity index (χ4v) is 2.06. The SMILES string of the molecule is COc1ccc(-c2cc(Br)nc(C(C)C)n2)c(F)c1. The number of rotatable bonds is 3.